The van der Waals surface area contributed by atoms with Gasteiger partial charge in [-0.3, -0.25) is 0 Å². The van der Waals surface area contributed by atoms with Crippen LogP contribution in [0.15, 0.2) is 59.8 Å². The van der Waals surface area contributed by atoms with E-state index in [0.29, 0.717) is 21.2 Å². The second-order valence-corrected chi connectivity index (χ2v) is 7.66. The first-order chi connectivity index (χ1) is 14.3. The van der Waals surface area contributed by atoms with E-state index in [-0.39, 0.29) is 11.3 Å². The first-order valence-electron chi connectivity index (χ1n) is 8.90. The van der Waals surface area contributed by atoms with E-state index in [4.69, 9.17) is 38.4 Å². The number of nitriles is 1. The Balaban J connectivity index is 2.38. The van der Waals surface area contributed by atoms with Crippen LogP contribution in [0, 0.1) is 16.7 Å². The average Bonchev–Trinajstić information content (AvgIpc) is 3.03. The maximum atomic E-state index is 13.0. The summed E-state index contributed by atoms with van der Waals surface area (Å²) in [5.41, 5.74) is 5.48. The Labute approximate surface area is 183 Å². The van der Waals surface area contributed by atoms with Crippen molar-refractivity contribution in [1.29, 1.82) is 5.26 Å². The van der Waals surface area contributed by atoms with Gasteiger partial charge in [-0.2, -0.15) is 5.26 Å². The van der Waals surface area contributed by atoms with E-state index in [1.165, 1.54) is 14.2 Å². The molecule has 2 aromatic rings. The molecular formula is C22H18Cl2N2O4. The second kappa shape index (κ2) is 8.39. The molecule has 6 nitrogen and oxygen atoms in total. The van der Waals surface area contributed by atoms with Crippen LogP contribution < -0.4 is 5.73 Å². The zero-order chi connectivity index (χ0) is 22.1. The Bertz CT molecular complexity index is 1060. The number of methoxy groups -OCH3 is 2. The number of hydrogen-bond donors (Lipinski definition) is 1. The molecule has 0 amide bonds. The molecule has 0 bridgehead atoms. The molecule has 0 saturated carbocycles. The van der Waals surface area contributed by atoms with Gasteiger partial charge in [0.15, 0.2) is 0 Å². The molecule has 30 heavy (non-hydrogen) atoms. The lowest BCUT2D eigenvalue weighted by atomic mass is 9.69. The molecular weight excluding hydrogens is 427 g/mol. The van der Waals surface area contributed by atoms with Gasteiger partial charge in [-0.1, -0.05) is 47.5 Å². The minimum atomic E-state index is -1.93. The number of carbonyl (C=O) groups is 2. The Morgan fingerprint density at radius 2 is 1.47 bits per heavy atom. The van der Waals surface area contributed by atoms with E-state index in [1.54, 1.807) is 48.5 Å². The van der Waals surface area contributed by atoms with E-state index >= 15 is 0 Å². The molecule has 0 radical (unpaired) electrons. The summed E-state index contributed by atoms with van der Waals surface area (Å²) in [6.07, 6.45) is 0. The van der Waals surface area contributed by atoms with Crippen LogP contribution in [0.5, 0.6) is 0 Å². The number of halogens is 2. The highest BCUT2D eigenvalue weighted by Gasteiger charge is 2.62. The van der Waals surface area contributed by atoms with Crippen LogP contribution >= 0.6 is 23.2 Å². The molecule has 0 fully saturated rings. The minimum absolute atomic E-state index is 0.0340. The summed E-state index contributed by atoms with van der Waals surface area (Å²) in [5, 5.41) is 11.2. The lowest BCUT2D eigenvalue weighted by molar-refractivity contribution is -0.148. The molecule has 0 aromatic heterocycles. The third-order valence-electron chi connectivity index (χ3n) is 5.37. The van der Waals surface area contributed by atoms with Crippen molar-refractivity contribution < 1.29 is 19.1 Å². The van der Waals surface area contributed by atoms with Crippen molar-refractivity contribution in [2.24, 2.45) is 11.1 Å². The number of esters is 2. The Kier molecular flexibility index (Phi) is 6.06. The van der Waals surface area contributed by atoms with Crippen LogP contribution in [0.4, 0.5) is 0 Å². The van der Waals surface area contributed by atoms with Gasteiger partial charge >= 0.3 is 11.9 Å². The zero-order valence-corrected chi connectivity index (χ0v) is 17.7. The molecule has 1 aliphatic carbocycles. The first-order valence-corrected chi connectivity index (χ1v) is 9.66. The van der Waals surface area contributed by atoms with Crippen LogP contribution in [0.25, 0.3) is 0 Å². The van der Waals surface area contributed by atoms with Gasteiger partial charge in [0.2, 0.25) is 5.41 Å². The van der Waals surface area contributed by atoms with Crippen molar-refractivity contribution >= 4 is 35.1 Å². The summed E-state index contributed by atoms with van der Waals surface area (Å²) in [4.78, 5) is 25.7. The SMILES string of the molecule is COC(=O)C1=C(N)[C@@](C#N)(C(=O)OC)[C@H](c2ccc(Cl)cc2)[C@H]1c1ccc(Cl)cc1. The van der Waals surface area contributed by atoms with Crippen molar-refractivity contribution in [2.45, 2.75) is 11.8 Å². The summed E-state index contributed by atoms with van der Waals surface area (Å²) in [7, 11) is 2.38. The zero-order valence-electron chi connectivity index (χ0n) is 16.2. The van der Waals surface area contributed by atoms with E-state index in [1.807, 2.05) is 6.07 Å². The maximum Gasteiger partial charge on any atom is 0.336 e. The van der Waals surface area contributed by atoms with Gasteiger partial charge in [-0.25, -0.2) is 9.59 Å². The number of carbonyl (C=O) groups excluding carboxylic acids is 2. The molecule has 0 heterocycles. The predicted molar refractivity (Wildman–Crippen MR) is 112 cm³/mol. The predicted octanol–water partition coefficient (Wildman–Crippen LogP) is 3.94. The molecule has 0 saturated heterocycles. The summed E-state index contributed by atoms with van der Waals surface area (Å²) in [5.74, 6) is -3.20. The fourth-order valence-corrected chi connectivity index (χ4v) is 4.28. The third-order valence-corrected chi connectivity index (χ3v) is 5.88. The summed E-state index contributed by atoms with van der Waals surface area (Å²) >= 11 is 12.1. The maximum absolute atomic E-state index is 13.0. The van der Waals surface area contributed by atoms with Gasteiger partial charge < -0.3 is 15.2 Å². The summed E-state index contributed by atoms with van der Waals surface area (Å²) in [6.45, 7) is 0. The lowest BCUT2D eigenvalue weighted by Gasteiger charge is -2.31. The number of nitrogens with zero attached hydrogens (tertiary/aromatic N) is 1. The standard InChI is InChI=1S/C22H18Cl2N2O4/c1-29-20(27)17-16(12-3-7-14(23)8-4-12)18(13-5-9-15(24)10-6-13)22(11-25,19(17)26)21(28)30-2/h3-10,16,18H,26H2,1-2H3/t16-,18+,22-/m0/s1. The largest absolute Gasteiger partial charge is 0.468 e. The summed E-state index contributed by atoms with van der Waals surface area (Å²) < 4.78 is 9.91. The van der Waals surface area contributed by atoms with Gasteiger partial charge in [-0.05, 0) is 35.4 Å². The molecule has 0 aliphatic heterocycles. The van der Waals surface area contributed by atoms with E-state index in [9.17, 15) is 14.9 Å². The van der Waals surface area contributed by atoms with Crippen molar-refractivity contribution in [3.8, 4) is 6.07 Å². The molecule has 1 aliphatic rings. The fourth-order valence-electron chi connectivity index (χ4n) is 4.03. The van der Waals surface area contributed by atoms with Crippen molar-refractivity contribution in [1.82, 2.24) is 0 Å². The van der Waals surface area contributed by atoms with Gasteiger partial charge in [0, 0.05) is 21.9 Å². The van der Waals surface area contributed by atoms with Crippen LogP contribution in [0.2, 0.25) is 10.0 Å². The Morgan fingerprint density at radius 1 is 0.967 bits per heavy atom. The fraction of sp³-hybridized carbons (Fsp3) is 0.227. The number of rotatable bonds is 4. The van der Waals surface area contributed by atoms with Crippen molar-refractivity contribution in [2.75, 3.05) is 14.2 Å². The van der Waals surface area contributed by atoms with E-state index in [0.717, 1.165) is 0 Å². The monoisotopic (exact) mass is 444 g/mol. The van der Waals surface area contributed by atoms with Crippen molar-refractivity contribution in [3.05, 3.63) is 81.0 Å². The van der Waals surface area contributed by atoms with Crippen molar-refractivity contribution in [3.63, 3.8) is 0 Å². The highest BCUT2D eigenvalue weighted by Crippen LogP contribution is 2.59. The van der Waals surface area contributed by atoms with Gasteiger partial charge in [0.05, 0.1) is 31.6 Å². The molecule has 3 rings (SSSR count). The molecule has 8 heteroatoms. The summed E-state index contributed by atoms with van der Waals surface area (Å²) in [6, 6.07) is 15.5. The van der Waals surface area contributed by atoms with Crippen LogP contribution in [-0.4, -0.2) is 26.2 Å². The van der Waals surface area contributed by atoms with Gasteiger partial charge in [-0.15, -0.1) is 0 Å². The third kappa shape index (κ3) is 3.30. The quantitative estimate of drug-likeness (QED) is 0.716. The normalized spacial score (nSPS) is 23.0. The van der Waals surface area contributed by atoms with Crippen LogP contribution in [-0.2, 0) is 19.1 Å². The van der Waals surface area contributed by atoms with Crippen LogP contribution in [0.3, 0.4) is 0 Å². The first kappa shape index (κ1) is 21.7. The van der Waals surface area contributed by atoms with Gasteiger partial charge in [0.1, 0.15) is 0 Å². The molecule has 0 spiro atoms. The molecule has 2 N–H and O–H groups in total. The number of ether oxygens (including phenoxy) is 2. The molecule has 2 aromatic carbocycles. The molecule has 3 atom stereocenters. The molecule has 154 valence electrons. The Morgan fingerprint density at radius 3 is 1.90 bits per heavy atom. The smallest absolute Gasteiger partial charge is 0.336 e. The average molecular weight is 445 g/mol. The van der Waals surface area contributed by atoms with Gasteiger partial charge in [0.25, 0.3) is 0 Å². The number of nitrogens with two attached hydrogens (primary N) is 1. The van der Waals surface area contributed by atoms with E-state index < -0.39 is 29.2 Å². The minimum Gasteiger partial charge on any atom is -0.468 e. The number of benzene rings is 2. The lowest BCUT2D eigenvalue weighted by Crippen LogP contribution is -2.39. The number of hydrogen-bond acceptors (Lipinski definition) is 6. The highest BCUT2D eigenvalue weighted by atomic mass is 35.5. The Hall–Kier alpha value is -3.01. The second-order valence-electron chi connectivity index (χ2n) is 6.79. The van der Waals surface area contributed by atoms with Crippen LogP contribution in [0.1, 0.15) is 23.0 Å². The van der Waals surface area contributed by atoms with E-state index in [2.05, 4.69) is 0 Å². The molecule has 0 unspecified atom stereocenters. The topological polar surface area (TPSA) is 102 Å². The highest BCUT2D eigenvalue weighted by molar-refractivity contribution is 6.30.